The largest absolute Gasteiger partial charge is 0.355 e. The predicted octanol–water partition coefficient (Wildman–Crippen LogP) is 2.24. The summed E-state index contributed by atoms with van der Waals surface area (Å²) < 4.78 is 0. The molecule has 3 N–H and O–H groups in total. The number of hydrogen-bond acceptors (Lipinski definition) is 2. The second-order valence-electron chi connectivity index (χ2n) is 4.03. The van der Waals surface area contributed by atoms with Gasteiger partial charge in [0.2, 0.25) is 6.41 Å². The van der Waals surface area contributed by atoms with Crippen LogP contribution in [-0.4, -0.2) is 12.5 Å². The van der Waals surface area contributed by atoms with E-state index in [2.05, 4.69) is 5.32 Å². The topological polar surface area (TPSA) is 55.1 Å². The van der Waals surface area contributed by atoms with Gasteiger partial charge in [-0.2, -0.15) is 0 Å². The third kappa shape index (κ3) is 7.77. The van der Waals surface area contributed by atoms with Crippen LogP contribution in [0.15, 0.2) is 30.3 Å². The molecule has 0 aromatic heterocycles. The van der Waals surface area contributed by atoms with Crippen molar-refractivity contribution in [3.8, 4) is 0 Å². The first-order valence-electron chi connectivity index (χ1n) is 5.79. The molecule has 0 unspecified atom stereocenters. The maximum absolute atomic E-state index is 9.87. The summed E-state index contributed by atoms with van der Waals surface area (Å²) in [7, 11) is 0. The summed E-state index contributed by atoms with van der Waals surface area (Å²) in [5.74, 6) is 0. The number of rotatable bonds is 3. The first kappa shape index (κ1) is 15.9. The van der Waals surface area contributed by atoms with Gasteiger partial charge in [0.25, 0.3) is 0 Å². The van der Waals surface area contributed by atoms with Crippen molar-refractivity contribution in [3.63, 3.8) is 0 Å². The van der Waals surface area contributed by atoms with Crippen LogP contribution in [-0.2, 0) is 11.3 Å². The smallest absolute Gasteiger partial charge is 0.207 e. The first-order valence-corrected chi connectivity index (χ1v) is 5.79. The molecule has 3 nitrogen and oxygen atoms in total. The Morgan fingerprint density at radius 1 is 1.24 bits per heavy atom. The Morgan fingerprint density at radius 3 is 2.24 bits per heavy atom. The highest BCUT2D eigenvalue weighted by Gasteiger charge is 2.07. The van der Waals surface area contributed by atoms with E-state index in [-0.39, 0.29) is 12.4 Å². The third-order valence-electron chi connectivity index (χ3n) is 2.63. The molecule has 1 saturated carbocycles. The maximum Gasteiger partial charge on any atom is 0.207 e. The molecule has 4 heteroatoms. The first-order chi connectivity index (χ1) is 7.83. The van der Waals surface area contributed by atoms with Crippen LogP contribution >= 0.6 is 12.4 Å². The number of nitrogens with one attached hydrogen (secondary N) is 1. The molecule has 1 fully saturated rings. The minimum atomic E-state index is 0. The van der Waals surface area contributed by atoms with Crippen molar-refractivity contribution in [1.82, 2.24) is 5.32 Å². The Labute approximate surface area is 109 Å². The molecule has 0 aliphatic heterocycles. The van der Waals surface area contributed by atoms with Gasteiger partial charge in [0, 0.05) is 12.6 Å². The molecule has 0 heterocycles. The van der Waals surface area contributed by atoms with Gasteiger partial charge in [0.05, 0.1) is 0 Å². The molecule has 0 atom stereocenters. The van der Waals surface area contributed by atoms with E-state index in [0.29, 0.717) is 19.0 Å². The number of nitrogens with two attached hydrogens (primary N) is 1. The van der Waals surface area contributed by atoms with Crippen molar-refractivity contribution in [1.29, 1.82) is 0 Å². The van der Waals surface area contributed by atoms with Crippen molar-refractivity contribution in [2.24, 2.45) is 5.73 Å². The van der Waals surface area contributed by atoms with Crippen molar-refractivity contribution < 1.29 is 4.79 Å². The van der Waals surface area contributed by atoms with Crippen LogP contribution in [0.25, 0.3) is 0 Å². The van der Waals surface area contributed by atoms with Crippen LogP contribution in [0.3, 0.4) is 0 Å². The minimum Gasteiger partial charge on any atom is -0.355 e. The van der Waals surface area contributed by atoms with Gasteiger partial charge in [-0.15, -0.1) is 12.4 Å². The normalized spacial score (nSPS) is 14.2. The molecule has 0 bridgehead atoms. The number of carbonyl (C=O) groups is 1. The second-order valence-corrected chi connectivity index (χ2v) is 4.03. The standard InChI is InChI=1S/C8H9NO.C5H11N.ClH/c10-7-9-6-8-4-2-1-3-5-8;6-5-3-1-2-4-5;/h1-5,7H,6H2,(H,9,10);5H,1-4,6H2;1H. The van der Waals surface area contributed by atoms with Crippen LogP contribution in [0, 0.1) is 0 Å². The second kappa shape index (κ2) is 10.1. The van der Waals surface area contributed by atoms with E-state index in [1.165, 1.54) is 25.7 Å². The van der Waals surface area contributed by atoms with Gasteiger partial charge in [-0.25, -0.2) is 0 Å². The highest BCUT2D eigenvalue weighted by Crippen LogP contribution is 2.14. The maximum atomic E-state index is 9.87. The lowest BCUT2D eigenvalue weighted by atomic mass is 10.2. The van der Waals surface area contributed by atoms with Gasteiger partial charge >= 0.3 is 0 Å². The van der Waals surface area contributed by atoms with Crippen LogP contribution in [0.1, 0.15) is 31.2 Å². The fourth-order valence-electron chi connectivity index (χ4n) is 1.71. The summed E-state index contributed by atoms with van der Waals surface area (Å²) in [6, 6.07) is 10.3. The zero-order valence-electron chi connectivity index (χ0n) is 9.97. The number of halogens is 1. The summed E-state index contributed by atoms with van der Waals surface area (Å²) in [4.78, 5) is 9.87. The van der Waals surface area contributed by atoms with E-state index >= 15 is 0 Å². The molecule has 0 saturated heterocycles. The molecule has 0 spiro atoms. The fraction of sp³-hybridized carbons (Fsp3) is 0.462. The van der Waals surface area contributed by atoms with Crippen molar-refractivity contribution in [3.05, 3.63) is 35.9 Å². The fourth-order valence-corrected chi connectivity index (χ4v) is 1.71. The molecule has 1 aliphatic rings. The summed E-state index contributed by atoms with van der Waals surface area (Å²) in [6.45, 7) is 0.615. The number of benzene rings is 1. The summed E-state index contributed by atoms with van der Waals surface area (Å²) in [6.07, 6.45) is 5.95. The van der Waals surface area contributed by atoms with E-state index in [0.717, 1.165) is 5.56 Å². The van der Waals surface area contributed by atoms with Crippen LogP contribution in [0.5, 0.6) is 0 Å². The summed E-state index contributed by atoms with van der Waals surface area (Å²) in [5.41, 5.74) is 6.65. The van der Waals surface area contributed by atoms with E-state index < -0.39 is 0 Å². The molecule has 1 amide bonds. The molecule has 0 radical (unpaired) electrons. The molecule has 1 aliphatic carbocycles. The Morgan fingerprint density at radius 2 is 1.82 bits per heavy atom. The molecular weight excluding hydrogens is 236 g/mol. The quantitative estimate of drug-likeness (QED) is 0.815. The zero-order valence-corrected chi connectivity index (χ0v) is 10.8. The molecule has 2 rings (SSSR count). The Bertz CT molecular complexity index is 287. The Balaban J connectivity index is 0.000000316. The van der Waals surface area contributed by atoms with Gasteiger partial charge in [-0.05, 0) is 18.4 Å². The van der Waals surface area contributed by atoms with E-state index in [4.69, 9.17) is 5.73 Å². The Kier molecular flexibility index (Phi) is 9.49. The third-order valence-corrected chi connectivity index (χ3v) is 2.63. The zero-order chi connectivity index (χ0) is 11.6. The number of amides is 1. The summed E-state index contributed by atoms with van der Waals surface area (Å²) in [5, 5.41) is 2.58. The van der Waals surface area contributed by atoms with Crippen molar-refractivity contribution in [2.45, 2.75) is 38.3 Å². The predicted molar refractivity (Wildman–Crippen MR) is 73.0 cm³/mol. The van der Waals surface area contributed by atoms with Crippen LogP contribution in [0.2, 0.25) is 0 Å². The van der Waals surface area contributed by atoms with Gasteiger partial charge in [-0.1, -0.05) is 43.2 Å². The molecule has 1 aromatic rings. The molecular formula is C13H21ClN2O. The minimum absolute atomic E-state index is 0. The lowest BCUT2D eigenvalue weighted by molar-refractivity contribution is -0.109. The van der Waals surface area contributed by atoms with Crippen LogP contribution in [0.4, 0.5) is 0 Å². The Hall–Kier alpha value is -1.06. The van der Waals surface area contributed by atoms with E-state index in [9.17, 15) is 4.79 Å². The van der Waals surface area contributed by atoms with Crippen LogP contribution < -0.4 is 11.1 Å². The molecule has 17 heavy (non-hydrogen) atoms. The molecule has 96 valence electrons. The summed E-state index contributed by atoms with van der Waals surface area (Å²) >= 11 is 0. The lowest BCUT2D eigenvalue weighted by Gasteiger charge is -1.96. The van der Waals surface area contributed by atoms with Gasteiger partial charge in [-0.3, -0.25) is 4.79 Å². The van der Waals surface area contributed by atoms with Crippen molar-refractivity contribution in [2.75, 3.05) is 0 Å². The highest BCUT2D eigenvalue weighted by atomic mass is 35.5. The molecule has 1 aromatic carbocycles. The highest BCUT2D eigenvalue weighted by molar-refractivity contribution is 5.85. The monoisotopic (exact) mass is 256 g/mol. The number of hydrogen-bond donors (Lipinski definition) is 2. The van der Waals surface area contributed by atoms with Crippen molar-refractivity contribution >= 4 is 18.8 Å². The van der Waals surface area contributed by atoms with E-state index in [1.54, 1.807) is 0 Å². The van der Waals surface area contributed by atoms with Gasteiger partial charge in [0.15, 0.2) is 0 Å². The average molecular weight is 257 g/mol. The lowest BCUT2D eigenvalue weighted by Crippen LogP contribution is -2.13. The van der Waals surface area contributed by atoms with Gasteiger partial charge < -0.3 is 11.1 Å². The SMILES string of the molecule is Cl.NC1CCCC1.O=CNCc1ccccc1. The number of carbonyl (C=O) groups excluding carboxylic acids is 1. The van der Waals surface area contributed by atoms with E-state index in [1.807, 2.05) is 30.3 Å². The van der Waals surface area contributed by atoms with Gasteiger partial charge in [0.1, 0.15) is 0 Å². The average Bonchev–Trinajstić information content (AvgIpc) is 2.80.